The number of nitrogens with one attached hydrogen (secondary N) is 1. The first-order chi connectivity index (χ1) is 13.9. The quantitative estimate of drug-likeness (QED) is 0.439. The number of nitro benzene ring substituents is 1. The lowest BCUT2D eigenvalue weighted by Gasteiger charge is -2.37. The monoisotopic (exact) mass is 434 g/mol. The third-order valence-electron chi connectivity index (χ3n) is 4.41. The molecule has 0 radical (unpaired) electrons. The molecule has 1 amide bonds. The average Bonchev–Trinajstić information content (AvgIpc) is 2.73. The number of non-ortho nitro benzene ring substituents is 1. The Labute approximate surface area is 178 Å². The molecule has 3 rings (SSSR count). The van der Waals surface area contributed by atoms with Crippen LogP contribution in [0.5, 0.6) is 5.75 Å². The van der Waals surface area contributed by atoms with Crippen molar-refractivity contribution in [1.82, 2.24) is 10.2 Å². The Morgan fingerprint density at radius 2 is 1.86 bits per heavy atom. The van der Waals surface area contributed by atoms with Gasteiger partial charge in [-0.1, -0.05) is 29.8 Å². The first-order valence-electron chi connectivity index (χ1n) is 8.89. The van der Waals surface area contributed by atoms with Gasteiger partial charge in [0.05, 0.1) is 15.6 Å². The van der Waals surface area contributed by atoms with Gasteiger partial charge in [0, 0.05) is 38.3 Å². The van der Waals surface area contributed by atoms with E-state index in [1.54, 1.807) is 18.2 Å². The fraction of sp³-hybridized carbons (Fsp3) is 0.263. The summed E-state index contributed by atoms with van der Waals surface area (Å²) in [5.41, 5.74) is 0.696. The van der Waals surface area contributed by atoms with Crippen molar-refractivity contribution in [2.45, 2.75) is 0 Å². The van der Waals surface area contributed by atoms with E-state index in [4.69, 9.17) is 28.6 Å². The summed E-state index contributed by atoms with van der Waals surface area (Å²) in [6.45, 7) is 2.29. The van der Waals surface area contributed by atoms with E-state index in [2.05, 4.69) is 5.32 Å². The summed E-state index contributed by atoms with van der Waals surface area (Å²) in [4.78, 5) is 26.3. The number of nitro groups is 1. The van der Waals surface area contributed by atoms with E-state index in [0.717, 1.165) is 5.69 Å². The fourth-order valence-corrected chi connectivity index (χ4v) is 3.51. The second kappa shape index (κ2) is 9.53. The summed E-state index contributed by atoms with van der Waals surface area (Å²) in [6, 6.07) is 13.5. The van der Waals surface area contributed by atoms with Gasteiger partial charge in [-0.2, -0.15) is 0 Å². The molecule has 0 unspecified atom stereocenters. The molecule has 0 saturated carbocycles. The predicted octanol–water partition coefficient (Wildman–Crippen LogP) is 2.85. The van der Waals surface area contributed by atoms with Crippen LogP contribution in [-0.4, -0.2) is 53.6 Å². The molecule has 29 heavy (non-hydrogen) atoms. The Morgan fingerprint density at radius 3 is 2.48 bits per heavy atom. The van der Waals surface area contributed by atoms with Crippen LogP contribution >= 0.6 is 23.8 Å². The molecular weight excluding hydrogens is 416 g/mol. The van der Waals surface area contributed by atoms with Gasteiger partial charge in [0.25, 0.3) is 11.6 Å². The molecule has 1 N–H and O–H groups in total. The van der Waals surface area contributed by atoms with Crippen molar-refractivity contribution < 1.29 is 14.5 Å². The van der Waals surface area contributed by atoms with Crippen molar-refractivity contribution in [2.24, 2.45) is 0 Å². The van der Waals surface area contributed by atoms with E-state index in [-0.39, 0.29) is 18.2 Å². The molecule has 1 aliphatic heterocycles. The number of anilines is 1. The Hall–Kier alpha value is -2.91. The highest BCUT2D eigenvalue weighted by Gasteiger charge is 2.22. The van der Waals surface area contributed by atoms with E-state index in [0.29, 0.717) is 42.1 Å². The van der Waals surface area contributed by atoms with Crippen LogP contribution in [0.4, 0.5) is 11.4 Å². The second-order valence-corrected chi connectivity index (χ2v) is 7.12. The molecular formula is C19H19ClN4O4S. The summed E-state index contributed by atoms with van der Waals surface area (Å²) in [7, 11) is 0. The predicted molar refractivity (Wildman–Crippen MR) is 115 cm³/mol. The van der Waals surface area contributed by atoms with Gasteiger partial charge in [-0.05, 0) is 30.4 Å². The molecule has 152 valence electrons. The molecule has 10 heteroatoms. The topological polar surface area (TPSA) is 88.0 Å². The minimum absolute atomic E-state index is 0.0426. The number of para-hydroxylation sites is 1. The number of halogens is 1. The number of hydrogen-bond acceptors (Lipinski definition) is 6. The van der Waals surface area contributed by atoms with Crippen LogP contribution in [-0.2, 0) is 4.79 Å². The lowest BCUT2D eigenvalue weighted by molar-refractivity contribution is -0.384. The smallest absolute Gasteiger partial charge is 0.271 e. The number of carbonyl (C=O) groups is 1. The number of thiocarbonyl (C=S) groups is 1. The molecule has 1 fully saturated rings. The summed E-state index contributed by atoms with van der Waals surface area (Å²) in [6.07, 6.45) is 0. The number of amides is 1. The molecule has 0 aliphatic carbocycles. The van der Waals surface area contributed by atoms with Gasteiger partial charge >= 0.3 is 0 Å². The van der Waals surface area contributed by atoms with Crippen molar-refractivity contribution in [3.63, 3.8) is 0 Å². The number of rotatable bonds is 5. The second-order valence-electron chi connectivity index (χ2n) is 6.32. The zero-order valence-corrected chi connectivity index (χ0v) is 17.0. The van der Waals surface area contributed by atoms with Crippen molar-refractivity contribution in [3.05, 3.63) is 63.7 Å². The minimum Gasteiger partial charge on any atom is -0.484 e. The van der Waals surface area contributed by atoms with Gasteiger partial charge in [-0.15, -0.1) is 0 Å². The molecule has 2 aromatic carbocycles. The van der Waals surface area contributed by atoms with Crippen LogP contribution in [0.25, 0.3) is 0 Å². The maximum absolute atomic E-state index is 12.1. The van der Waals surface area contributed by atoms with E-state index in [1.165, 1.54) is 12.1 Å². The van der Waals surface area contributed by atoms with Crippen molar-refractivity contribution in [2.75, 3.05) is 37.7 Å². The van der Waals surface area contributed by atoms with E-state index in [1.807, 2.05) is 28.0 Å². The van der Waals surface area contributed by atoms with Crippen LogP contribution < -0.4 is 15.0 Å². The minimum atomic E-state index is -0.476. The molecule has 1 saturated heterocycles. The van der Waals surface area contributed by atoms with Gasteiger partial charge in [-0.25, -0.2) is 0 Å². The van der Waals surface area contributed by atoms with Crippen LogP contribution in [0.15, 0.2) is 48.5 Å². The normalized spacial score (nSPS) is 13.7. The maximum atomic E-state index is 12.1. The van der Waals surface area contributed by atoms with Crippen LogP contribution in [0.3, 0.4) is 0 Å². The van der Waals surface area contributed by atoms with Crippen LogP contribution in [0, 0.1) is 10.1 Å². The number of piperazine rings is 1. The Balaban J connectivity index is 1.48. The SMILES string of the molecule is O=C(COc1ccccc1)NC(=S)N1CCN(c2ccc([N+](=O)[O-])cc2Cl)CC1. The van der Waals surface area contributed by atoms with Gasteiger partial charge in [0.15, 0.2) is 11.7 Å². The Kier molecular flexibility index (Phi) is 6.84. The molecule has 0 bridgehead atoms. The first-order valence-corrected chi connectivity index (χ1v) is 9.68. The van der Waals surface area contributed by atoms with Crippen molar-refractivity contribution in [3.8, 4) is 5.75 Å². The number of hydrogen-bond donors (Lipinski definition) is 1. The Morgan fingerprint density at radius 1 is 1.17 bits per heavy atom. The fourth-order valence-electron chi connectivity index (χ4n) is 2.92. The number of nitrogens with zero attached hydrogens (tertiary/aromatic N) is 3. The van der Waals surface area contributed by atoms with Gasteiger partial charge in [-0.3, -0.25) is 14.9 Å². The molecule has 8 nitrogen and oxygen atoms in total. The summed E-state index contributed by atoms with van der Waals surface area (Å²) < 4.78 is 5.41. The summed E-state index contributed by atoms with van der Waals surface area (Å²) in [5, 5.41) is 14.2. The highest BCUT2D eigenvalue weighted by molar-refractivity contribution is 7.80. The third-order valence-corrected chi connectivity index (χ3v) is 5.07. The average molecular weight is 435 g/mol. The lowest BCUT2D eigenvalue weighted by atomic mass is 10.2. The standard InChI is InChI=1S/C19H19ClN4O4S/c20-16-12-14(24(26)27)6-7-17(16)22-8-10-23(11-9-22)19(29)21-18(25)13-28-15-4-2-1-3-5-15/h1-7,12H,8-11,13H2,(H,21,25,29). The summed E-state index contributed by atoms with van der Waals surface area (Å²) >= 11 is 11.5. The molecule has 1 heterocycles. The van der Waals surface area contributed by atoms with Gasteiger partial charge in [0.1, 0.15) is 5.75 Å². The zero-order valence-electron chi connectivity index (χ0n) is 15.4. The molecule has 0 atom stereocenters. The van der Waals surface area contributed by atoms with Crippen molar-refractivity contribution in [1.29, 1.82) is 0 Å². The number of ether oxygens (including phenoxy) is 1. The van der Waals surface area contributed by atoms with Gasteiger partial charge < -0.3 is 19.9 Å². The van der Waals surface area contributed by atoms with E-state index >= 15 is 0 Å². The highest BCUT2D eigenvalue weighted by Crippen LogP contribution is 2.30. The van der Waals surface area contributed by atoms with Gasteiger partial charge in [0.2, 0.25) is 0 Å². The maximum Gasteiger partial charge on any atom is 0.271 e. The van der Waals surface area contributed by atoms with E-state index < -0.39 is 4.92 Å². The van der Waals surface area contributed by atoms with Crippen LogP contribution in [0.2, 0.25) is 5.02 Å². The zero-order chi connectivity index (χ0) is 20.8. The molecule has 1 aliphatic rings. The largest absolute Gasteiger partial charge is 0.484 e. The molecule has 2 aromatic rings. The van der Waals surface area contributed by atoms with Crippen molar-refractivity contribution >= 4 is 46.2 Å². The van der Waals surface area contributed by atoms with Crippen LogP contribution in [0.1, 0.15) is 0 Å². The Bertz CT molecular complexity index is 904. The lowest BCUT2D eigenvalue weighted by Crippen LogP contribution is -2.53. The highest BCUT2D eigenvalue weighted by atomic mass is 35.5. The molecule has 0 aromatic heterocycles. The number of carbonyl (C=O) groups excluding carboxylic acids is 1. The molecule has 0 spiro atoms. The number of benzene rings is 2. The summed E-state index contributed by atoms with van der Waals surface area (Å²) in [5.74, 6) is 0.293. The first kappa shape index (κ1) is 20.8. The van der Waals surface area contributed by atoms with E-state index in [9.17, 15) is 14.9 Å². The third kappa shape index (κ3) is 5.55.